The number of anilines is 1. The van der Waals surface area contributed by atoms with Gasteiger partial charge in [-0.25, -0.2) is 4.98 Å². The first-order chi connectivity index (χ1) is 9.04. The molecule has 1 fully saturated rings. The Morgan fingerprint density at radius 1 is 1.58 bits per heavy atom. The molecule has 4 nitrogen and oxygen atoms in total. The van der Waals surface area contributed by atoms with Gasteiger partial charge in [0.05, 0.1) is 5.69 Å². The van der Waals surface area contributed by atoms with Gasteiger partial charge in [-0.1, -0.05) is 13.8 Å². The van der Waals surface area contributed by atoms with Gasteiger partial charge < -0.3 is 10.2 Å². The summed E-state index contributed by atoms with van der Waals surface area (Å²) in [5, 5.41) is 12.4. The number of pyridine rings is 1. The number of nitriles is 1. The fourth-order valence-corrected chi connectivity index (χ4v) is 2.98. The van der Waals surface area contributed by atoms with Gasteiger partial charge in [0, 0.05) is 18.8 Å². The lowest BCUT2D eigenvalue weighted by Gasteiger charge is -2.45. The zero-order valence-electron chi connectivity index (χ0n) is 12.0. The molecule has 102 valence electrons. The van der Waals surface area contributed by atoms with Gasteiger partial charge in [0.2, 0.25) is 0 Å². The summed E-state index contributed by atoms with van der Waals surface area (Å²) in [6.45, 7) is 6.64. The van der Waals surface area contributed by atoms with Crippen molar-refractivity contribution in [2.24, 2.45) is 5.41 Å². The summed E-state index contributed by atoms with van der Waals surface area (Å²) in [5.74, 6) is 0. The van der Waals surface area contributed by atoms with Crippen LogP contribution in [0.15, 0.2) is 18.3 Å². The predicted molar refractivity (Wildman–Crippen MR) is 76.9 cm³/mol. The minimum Gasteiger partial charge on any atom is -0.381 e. The summed E-state index contributed by atoms with van der Waals surface area (Å²) in [6.07, 6.45) is 4.17. The Balaban J connectivity index is 2.07. The van der Waals surface area contributed by atoms with Crippen molar-refractivity contribution >= 4 is 5.69 Å². The van der Waals surface area contributed by atoms with E-state index in [-0.39, 0.29) is 0 Å². The van der Waals surface area contributed by atoms with Crippen molar-refractivity contribution in [1.29, 1.82) is 5.26 Å². The first-order valence-electron chi connectivity index (χ1n) is 6.84. The van der Waals surface area contributed by atoms with Crippen molar-refractivity contribution < 1.29 is 0 Å². The summed E-state index contributed by atoms with van der Waals surface area (Å²) in [7, 11) is 2.18. The van der Waals surface area contributed by atoms with Crippen LogP contribution in [0.1, 0.15) is 32.4 Å². The molecule has 0 aliphatic carbocycles. The van der Waals surface area contributed by atoms with Gasteiger partial charge in [0.25, 0.3) is 0 Å². The number of nitrogens with one attached hydrogen (secondary N) is 1. The van der Waals surface area contributed by atoms with Crippen molar-refractivity contribution in [3.05, 3.63) is 24.0 Å². The normalized spacial score (nSPS) is 22.7. The molecule has 0 bridgehead atoms. The SMILES string of the molecule is CN1CCCC(C)(C)C1CNc1cccnc1C#N. The topological polar surface area (TPSA) is 52.0 Å². The third-order valence-electron chi connectivity index (χ3n) is 4.17. The fourth-order valence-electron chi connectivity index (χ4n) is 2.98. The highest BCUT2D eigenvalue weighted by atomic mass is 15.2. The molecule has 2 heterocycles. The second-order valence-electron chi connectivity index (χ2n) is 5.98. The van der Waals surface area contributed by atoms with Crippen molar-refractivity contribution in [1.82, 2.24) is 9.88 Å². The summed E-state index contributed by atoms with van der Waals surface area (Å²) in [5.41, 5.74) is 1.60. The van der Waals surface area contributed by atoms with Gasteiger partial charge in [-0.2, -0.15) is 5.26 Å². The maximum Gasteiger partial charge on any atom is 0.163 e. The summed E-state index contributed by atoms with van der Waals surface area (Å²) in [6, 6.07) is 6.39. The Kier molecular flexibility index (Phi) is 4.06. The standard InChI is InChI=1S/C15H22N4/c1-15(2)7-5-9-19(3)14(15)11-18-12-6-4-8-17-13(12)10-16/h4,6,8,14,18H,5,7,9,11H2,1-3H3. The van der Waals surface area contributed by atoms with Gasteiger partial charge in [-0.3, -0.25) is 0 Å². The van der Waals surface area contributed by atoms with Crippen molar-refractivity contribution in [2.75, 3.05) is 25.5 Å². The zero-order chi connectivity index (χ0) is 13.9. The Bertz CT molecular complexity index is 475. The number of likely N-dealkylation sites (tertiary alicyclic amines) is 1. The van der Waals surface area contributed by atoms with Gasteiger partial charge in [-0.15, -0.1) is 0 Å². The largest absolute Gasteiger partial charge is 0.381 e. The average molecular weight is 258 g/mol. The number of aromatic nitrogens is 1. The monoisotopic (exact) mass is 258 g/mol. The van der Waals surface area contributed by atoms with Gasteiger partial charge >= 0.3 is 0 Å². The third-order valence-corrected chi connectivity index (χ3v) is 4.17. The van der Waals surface area contributed by atoms with Crippen molar-refractivity contribution in [3.8, 4) is 6.07 Å². The lowest BCUT2D eigenvalue weighted by atomic mass is 9.76. The molecule has 1 aliphatic rings. The zero-order valence-corrected chi connectivity index (χ0v) is 12.0. The minimum atomic E-state index is 0.301. The van der Waals surface area contributed by atoms with Crippen LogP contribution >= 0.6 is 0 Å². The molecule has 1 N–H and O–H groups in total. The highest BCUT2D eigenvalue weighted by Crippen LogP contribution is 2.34. The molecule has 1 aliphatic heterocycles. The number of nitrogens with zero attached hydrogens (tertiary/aromatic N) is 3. The lowest BCUT2D eigenvalue weighted by molar-refractivity contribution is 0.0671. The van der Waals surface area contributed by atoms with E-state index < -0.39 is 0 Å². The minimum absolute atomic E-state index is 0.301. The van der Waals surface area contributed by atoms with E-state index >= 15 is 0 Å². The number of piperidine rings is 1. The van der Waals surface area contributed by atoms with E-state index in [9.17, 15) is 0 Å². The van der Waals surface area contributed by atoms with E-state index in [4.69, 9.17) is 5.26 Å². The molecular formula is C15H22N4. The Hall–Kier alpha value is -1.60. The molecule has 1 saturated heterocycles. The van der Waals surface area contributed by atoms with E-state index in [1.54, 1.807) is 6.20 Å². The van der Waals surface area contributed by atoms with Crippen LogP contribution in [-0.4, -0.2) is 36.1 Å². The molecule has 1 aromatic heterocycles. The highest BCUT2D eigenvalue weighted by molar-refractivity contribution is 5.53. The molecule has 1 unspecified atom stereocenters. The van der Waals surface area contributed by atoms with E-state index in [1.165, 1.54) is 12.8 Å². The quantitative estimate of drug-likeness (QED) is 0.905. The molecule has 0 aromatic carbocycles. The van der Waals surface area contributed by atoms with E-state index in [2.05, 4.69) is 42.2 Å². The van der Waals surface area contributed by atoms with Gasteiger partial charge in [0.1, 0.15) is 6.07 Å². The maximum absolute atomic E-state index is 9.05. The fraction of sp³-hybridized carbons (Fsp3) is 0.600. The van der Waals surface area contributed by atoms with Crippen LogP contribution < -0.4 is 5.32 Å². The van der Waals surface area contributed by atoms with Crippen LogP contribution in [0.4, 0.5) is 5.69 Å². The highest BCUT2D eigenvalue weighted by Gasteiger charge is 2.35. The van der Waals surface area contributed by atoms with Crippen LogP contribution in [0, 0.1) is 16.7 Å². The Morgan fingerprint density at radius 3 is 3.05 bits per heavy atom. The molecule has 0 radical (unpaired) electrons. The second kappa shape index (κ2) is 5.58. The van der Waals surface area contributed by atoms with E-state index in [1.807, 2.05) is 12.1 Å². The molecular weight excluding hydrogens is 236 g/mol. The smallest absolute Gasteiger partial charge is 0.163 e. The summed E-state index contributed by atoms with van der Waals surface area (Å²) < 4.78 is 0. The van der Waals surface area contributed by atoms with Crippen LogP contribution in [0.2, 0.25) is 0 Å². The van der Waals surface area contributed by atoms with Crippen LogP contribution in [0.5, 0.6) is 0 Å². The second-order valence-corrected chi connectivity index (χ2v) is 5.98. The molecule has 0 saturated carbocycles. The molecule has 1 atom stereocenters. The molecule has 4 heteroatoms. The average Bonchev–Trinajstić information content (AvgIpc) is 2.38. The van der Waals surface area contributed by atoms with Gasteiger partial charge in [-0.05, 0) is 44.0 Å². The van der Waals surface area contributed by atoms with E-state index in [0.29, 0.717) is 17.2 Å². The lowest BCUT2D eigenvalue weighted by Crippen LogP contribution is -2.51. The maximum atomic E-state index is 9.05. The van der Waals surface area contributed by atoms with Crippen molar-refractivity contribution in [3.63, 3.8) is 0 Å². The Morgan fingerprint density at radius 2 is 2.37 bits per heavy atom. The first-order valence-corrected chi connectivity index (χ1v) is 6.84. The molecule has 0 amide bonds. The van der Waals surface area contributed by atoms with Crippen LogP contribution in [-0.2, 0) is 0 Å². The number of hydrogen-bond donors (Lipinski definition) is 1. The van der Waals surface area contributed by atoms with Crippen LogP contribution in [0.3, 0.4) is 0 Å². The van der Waals surface area contributed by atoms with Crippen molar-refractivity contribution in [2.45, 2.75) is 32.7 Å². The van der Waals surface area contributed by atoms with E-state index in [0.717, 1.165) is 18.8 Å². The van der Waals surface area contributed by atoms with Gasteiger partial charge in [0.15, 0.2) is 5.69 Å². The number of hydrogen-bond acceptors (Lipinski definition) is 4. The summed E-state index contributed by atoms with van der Waals surface area (Å²) in [4.78, 5) is 6.49. The summed E-state index contributed by atoms with van der Waals surface area (Å²) >= 11 is 0. The predicted octanol–water partition coefficient (Wildman–Crippen LogP) is 2.49. The molecule has 0 spiro atoms. The first kappa shape index (κ1) is 13.8. The van der Waals surface area contributed by atoms with Crippen LogP contribution in [0.25, 0.3) is 0 Å². The number of rotatable bonds is 3. The Labute approximate surface area is 115 Å². The molecule has 2 rings (SSSR count). The molecule has 19 heavy (non-hydrogen) atoms. The number of likely N-dealkylation sites (N-methyl/N-ethyl adjacent to an activating group) is 1. The molecule has 1 aromatic rings. The third kappa shape index (κ3) is 3.05.